The van der Waals surface area contributed by atoms with E-state index < -0.39 is 21.7 Å². The second kappa shape index (κ2) is 11.0. The van der Waals surface area contributed by atoms with E-state index in [1.54, 1.807) is 12.1 Å². The average Bonchev–Trinajstić information content (AvgIpc) is 3.17. The largest absolute Gasteiger partial charge is 0.493 e. The lowest BCUT2D eigenvalue weighted by Crippen LogP contribution is -2.41. The van der Waals surface area contributed by atoms with Crippen LogP contribution < -0.4 is 15.4 Å². The number of carbonyl (C=O) groups is 1. The van der Waals surface area contributed by atoms with Crippen LogP contribution in [0, 0.1) is 17.7 Å². The molecule has 3 aromatic rings. The number of halogens is 1. The molecule has 1 aliphatic heterocycles. The van der Waals surface area contributed by atoms with Crippen LogP contribution in [0.25, 0.3) is 11.3 Å². The van der Waals surface area contributed by atoms with Crippen LogP contribution in [0.4, 0.5) is 16.0 Å². The van der Waals surface area contributed by atoms with Gasteiger partial charge in [-0.25, -0.2) is 18.7 Å². The summed E-state index contributed by atoms with van der Waals surface area (Å²) < 4.78 is 47.6. The molecule has 11 heteroatoms. The van der Waals surface area contributed by atoms with E-state index in [1.807, 2.05) is 18.7 Å². The summed E-state index contributed by atoms with van der Waals surface area (Å²) in [6.07, 6.45) is 0.848. The quantitative estimate of drug-likeness (QED) is 0.403. The molecule has 4 rings (SSSR count). The molecule has 1 saturated heterocycles. The van der Waals surface area contributed by atoms with Crippen molar-refractivity contribution in [3.63, 3.8) is 0 Å². The van der Waals surface area contributed by atoms with Gasteiger partial charge in [-0.1, -0.05) is 26.8 Å². The number of hydrogen-bond donors (Lipinski definition) is 1. The minimum atomic E-state index is -4.30. The highest BCUT2D eigenvalue weighted by Crippen LogP contribution is 2.39. The lowest BCUT2D eigenvalue weighted by atomic mass is 9.97. The Kier molecular flexibility index (Phi) is 8.07. The van der Waals surface area contributed by atoms with Gasteiger partial charge in [0.1, 0.15) is 23.2 Å². The van der Waals surface area contributed by atoms with Gasteiger partial charge in [0.15, 0.2) is 5.03 Å². The molecule has 0 unspecified atom stereocenters. The summed E-state index contributed by atoms with van der Waals surface area (Å²) in [5.41, 5.74) is 6.34. The number of aromatic nitrogens is 2. The second-order valence-electron chi connectivity index (χ2n) is 11.4. The molecule has 9 nitrogen and oxygen atoms in total. The Bertz CT molecular complexity index is 1530. The van der Waals surface area contributed by atoms with E-state index in [0.29, 0.717) is 46.2 Å². The fraction of sp³-hybridized carbons (Fsp3) is 0.414. The third-order valence-corrected chi connectivity index (χ3v) is 8.48. The van der Waals surface area contributed by atoms with Gasteiger partial charge in [0.2, 0.25) is 0 Å². The zero-order valence-electron chi connectivity index (χ0n) is 23.7. The number of amides is 1. The summed E-state index contributed by atoms with van der Waals surface area (Å²) in [5, 5.41) is -0.335. The first-order valence-corrected chi connectivity index (χ1v) is 14.6. The van der Waals surface area contributed by atoms with Gasteiger partial charge >= 0.3 is 0 Å². The number of carbonyl (C=O) groups excluding carboxylic acids is 1. The molecule has 0 aliphatic carbocycles. The van der Waals surface area contributed by atoms with Crippen LogP contribution in [0.3, 0.4) is 0 Å². The first-order valence-electron chi connectivity index (χ1n) is 13.2. The third kappa shape index (κ3) is 6.04. The summed E-state index contributed by atoms with van der Waals surface area (Å²) >= 11 is 0. The molecule has 1 aliphatic rings. The maximum Gasteiger partial charge on any atom is 0.284 e. The number of hydrogen-bond acceptors (Lipinski definition) is 8. The van der Waals surface area contributed by atoms with Crippen molar-refractivity contribution in [1.82, 2.24) is 14.3 Å². The summed E-state index contributed by atoms with van der Waals surface area (Å²) in [5.74, 6) is 0.0528. The van der Waals surface area contributed by atoms with Crippen molar-refractivity contribution in [3.8, 4) is 17.0 Å². The summed E-state index contributed by atoms with van der Waals surface area (Å²) in [7, 11) is -3.11. The molecular formula is C29H36FN5O4S. The van der Waals surface area contributed by atoms with Crippen molar-refractivity contribution in [2.75, 3.05) is 30.8 Å². The maximum absolute atomic E-state index is 14.6. The molecule has 40 heavy (non-hydrogen) atoms. The zero-order chi connectivity index (χ0) is 29.4. The van der Waals surface area contributed by atoms with Crippen LogP contribution in [0.5, 0.6) is 5.75 Å². The van der Waals surface area contributed by atoms with Gasteiger partial charge < -0.3 is 15.4 Å². The van der Waals surface area contributed by atoms with E-state index >= 15 is 0 Å². The van der Waals surface area contributed by atoms with Gasteiger partial charge in [0, 0.05) is 30.8 Å². The predicted molar refractivity (Wildman–Crippen MR) is 153 cm³/mol. The highest BCUT2D eigenvalue weighted by atomic mass is 32.2. The molecule has 1 atom stereocenters. The Labute approximate surface area is 235 Å². The van der Waals surface area contributed by atoms with Crippen molar-refractivity contribution in [1.29, 1.82) is 0 Å². The first kappa shape index (κ1) is 29.3. The van der Waals surface area contributed by atoms with Crippen molar-refractivity contribution in [2.45, 2.75) is 51.6 Å². The van der Waals surface area contributed by atoms with Crippen molar-refractivity contribution >= 4 is 27.6 Å². The molecule has 214 valence electrons. The Balaban J connectivity index is 1.81. The smallest absolute Gasteiger partial charge is 0.284 e. The number of nitrogens with two attached hydrogens (primary N) is 1. The molecule has 0 bridgehead atoms. The Morgan fingerprint density at radius 3 is 2.55 bits per heavy atom. The van der Waals surface area contributed by atoms with E-state index in [-0.39, 0.29) is 27.9 Å². The molecule has 1 amide bonds. The van der Waals surface area contributed by atoms with Gasteiger partial charge in [0.25, 0.3) is 15.9 Å². The SMILES string of the molecule is CC(C)COc1cc(F)cc(-c2ccc(C(=O)N(C)S(=O)(=O)c3cccc(N)n3)c(N3C[C@@H](C)CC3(C)C)n2)c1. The number of nitrogen functional groups attached to an aromatic ring is 1. The molecule has 3 heterocycles. The minimum Gasteiger partial charge on any atom is -0.493 e. The fourth-order valence-corrected chi connectivity index (χ4v) is 6.06. The number of nitrogens with zero attached hydrogens (tertiary/aromatic N) is 4. The van der Waals surface area contributed by atoms with Crippen molar-refractivity contribution < 1.29 is 22.3 Å². The number of pyridine rings is 2. The number of sulfonamides is 1. The van der Waals surface area contributed by atoms with E-state index in [2.05, 4.69) is 25.8 Å². The van der Waals surface area contributed by atoms with E-state index in [9.17, 15) is 17.6 Å². The molecular weight excluding hydrogens is 533 g/mol. The highest BCUT2D eigenvalue weighted by molar-refractivity contribution is 7.89. The topological polar surface area (TPSA) is 119 Å². The Morgan fingerprint density at radius 2 is 1.93 bits per heavy atom. The van der Waals surface area contributed by atoms with E-state index in [4.69, 9.17) is 15.5 Å². The lowest BCUT2D eigenvalue weighted by Gasteiger charge is -2.34. The average molecular weight is 570 g/mol. The molecule has 2 N–H and O–H groups in total. The van der Waals surface area contributed by atoms with Crippen molar-refractivity contribution in [2.24, 2.45) is 11.8 Å². The Morgan fingerprint density at radius 1 is 1.20 bits per heavy atom. The molecule has 1 aromatic carbocycles. The summed E-state index contributed by atoms with van der Waals surface area (Å²) in [6.45, 7) is 11.3. The van der Waals surface area contributed by atoms with Crippen LogP contribution in [0.15, 0.2) is 53.6 Å². The van der Waals surface area contributed by atoms with Crippen LogP contribution in [0.1, 0.15) is 51.4 Å². The molecule has 0 radical (unpaired) electrons. The van der Waals surface area contributed by atoms with Gasteiger partial charge in [-0.05, 0) is 68.5 Å². The molecule has 0 saturated carbocycles. The predicted octanol–water partition coefficient (Wildman–Crippen LogP) is 4.99. The lowest BCUT2D eigenvalue weighted by molar-refractivity contribution is 0.0883. The van der Waals surface area contributed by atoms with Gasteiger partial charge in [0.05, 0.1) is 17.9 Å². The van der Waals surface area contributed by atoms with Gasteiger partial charge in [-0.2, -0.15) is 8.42 Å². The number of anilines is 2. The second-order valence-corrected chi connectivity index (χ2v) is 13.3. The van der Waals surface area contributed by atoms with Gasteiger partial charge in [-0.15, -0.1) is 0 Å². The molecule has 1 fully saturated rings. The summed E-state index contributed by atoms with van der Waals surface area (Å²) in [6, 6.07) is 11.7. The normalized spacial score (nSPS) is 16.8. The third-order valence-electron chi connectivity index (χ3n) is 6.84. The minimum absolute atomic E-state index is 0.0215. The maximum atomic E-state index is 14.6. The number of ether oxygens (including phenoxy) is 1. The standard InChI is InChI=1S/C29H36FN5O4S/c1-18(2)17-39-22-13-20(12-21(30)14-22)24-11-10-23(27(32-24)35-16-19(3)15-29(35,4)5)28(36)34(6)40(37,38)26-9-7-8-25(31)33-26/h7-14,18-19H,15-17H2,1-6H3,(H2,31,33)/t19-/m0/s1. The first-order chi connectivity index (χ1) is 18.7. The van der Waals surface area contributed by atoms with Gasteiger partial charge in [-0.3, -0.25) is 4.79 Å². The molecule has 2 aromatic heterocycles. The van der Waals surface area contributed by atoms with Crippen LogP contribution >= 0.6 is 0 Å². The Hall–Kier alpha value is -3.73. The summed E-state index contributed by atoms with van der Waals surface area (Å²) in [4.78, 5) is 24.5. The number of benzene rings is 1. The van der Waals surface area contributed by atoms with Crippen LogP contribution in [0.2, 0.25) is 0 Å². The number of rotatable bonds is 8. The van der Waals surface area contributed by atoms with E-state index in [1.165, 1.54) is 43.4 Å². The zero-order valence-corrected chi connectivity index (χ0v) is 24.5. The van der Waals surface area contributed by atoms with Crippen LogP contribution in [-0.2, 0) is 10.0 Å². The van der Waals surface area contributed by atoms with E-state index in [0.717, 1.165) is 6.42 Å². The van der Waals surface area contributed by atoms with Crippen molar-refractivity contribution in [3.05, 3.63) is 59.9 Å². The molecule has 0 spiro atoms. The van der Waals surface area contributed by atoms with Crippen LogP contribution in [-0.4, -0.2) is 54.3 Å². The fourth-order valence-electron chi connectivity index (χ4n) is 4.99. The highest BCUT2D eigenvalue weighted by Gasteiger charge is 2.40. The monoisotopic (exact) mass is 569 g/mol.